The summed E-state index contributed by atoms with van der Waals surface area (Å²) in [7, 11) is 0. The van der Waals surface area contributed by atoms with Crippen molar-refractivity contribution in [2.75, 3.05) is 6.54 Å². The Labute approximate surface area is 162 Å². The fourth-order valence-electron chi connectivity index (χ4n) is 3.33. The molecule has 1 aromatic carbocycles. The lowest BCUT2D eigenvalue weighted by molar-refractivity contribution is 0.399. The summed E-state index contributed by atoms with van der Waals surface area (Å²) in [5, 5.41) is 11.7. The zero-order chi connectivity index (χ0) is 19.6. The summed E-state index contributed by atoms with van der Waals surface area (Å²) >= 11 is 5.32. The van der Waals surface area contributed by atoms with Gasteiger partial charge in [-0.2, -0.15) is 0 Å². The molecular weight excluding hydrogens is 360 g/mol. The minimum absolute atomic E-state index is 0.106. The van der Waals surface area contributed by atoms with Gasteiger partial charge in [-0.15, -0.1) is 0 Å². The van der Waals surface area contributed by atoms with Gasteiger partial charge in [-0.25, -0.2) is 0 Å². The van der Waals surface area contributed by atoms with Gasteiger partial charge in [-0.05, 0) is 51.0 Å². The number of hydrogen-bond donors (Lipinski definition) is 2. The van der Waals surface area contributed by atoms with Crippen molar-refractivity contribution < 1.29 is 5.11 Å². The lowest BCUT2D eigenvalue weighted by Crippen LogP contribution is -2.30. The maximum atomic E-state index is 12.8. The lowest BCUT2D eigenvalue weighted by atomic mass is 10.1. The first kappa shape index (κ1) is 19.1. The van der Waals surface area contributed by atoms with Gasteiger partial charge in [0.1, 0.15) is 5.56 Å². The maximum Gasteiger partial charge on any atom is 0.267 e. The van der Waals surface area contributed by atoms with Crippen LogP contribution in [0, 0.1) is 4.77 Å². The van der Waals surface area contributed by atoms with Crippen LogP contribution in [0.2, 0.25) is 0 Å². The van der Waals surface area contributed by atoms with Crippen LogP contribution in [-0.2, 0) is 19.5 Å². The van der Waals surface area contributed by atoms with Gasteiger partial charge in [0.2, 0.25) is 5.88 Å². The number of nitrogens with zero attached hydrogens (tertiary/aromatic N) is 3. The molecule has 3 aromatic rings. The Balaban J connectivity index is 1.92. The molecule has 0 radical (unpaired) electrons. The van der Waals surface area contributed by atoms with E-state index < -0.39 is 0 Å². The Hall–Kier alpha value is -2.67. The average Bonchev–Trinajstić information content (AvgIpc) is 3.06. The van der Waals surface area contributed by atoms with Crippen LogP contribution in [0.1, 0.15) is 31.9 Å². The van der Waals surface area contributed by atoms with Crippen molar-refractivity contribution in [3.63, 3.8) is 0 Å². The summed E-state index contributed by atoms with van der Waals surface area (Å²) < 4.78 is 3.39. The second kappa shape index (κ2) is 7.92. The highest BCUT2D eigenvalue weighted by Crippen LogP contribution is 2.19. The molecule has 0 bridgehead atoms. The number of aromatic nitrogens is 3. The molecule has 2 N–H and O–H groups in total. The molecule has 7 heteroatoms. The lowest BCUT2D eigenvalue weighted by Gasteiger charge is -2.15. The molecule has 0 unspecified atom stereocenters. The quantitative estimate of drug-likeness (QED) is 0.503. The number of aromatic hydroxyl groups is 1. The third kappa shape index (κ3) is 3.47. The van der Waals surface area contributed by atoms with E-state index in [1.165, 1.54) is 15.5 Å². The fourth-order valence-corrected chi connectivity index (χ4v) is 3.76. The van der Waals surface area contributed by atoms with Crippen LogP contribution in [0.15, 0.2) is 40.2 Å². The average molecular weight is 385 g/mol. The molecule has 0 saturated heterocycles. The molecule has 0 spiro atoms. The molecule has 2 heterocycles. The standard InChI is InChI=1S/C20H24N4O2S/c1-4-23-18(25)17(19(26)24(5-2)20(23)27)13(3)21-11-10-14-12-22-16-9-7-6-8-15(14)16/h6-9,12,22,25H,4-5,10-11H2,1-3H3. The van der Waals surface area contributed by atoms with Gasteiger partial charge in [-0.3, -0.25) is 18.9 Å². The van der Waals surface area contributed by atoms with Crippen LogP contribution in [0.25, 0.3) is 10.9 Å². The minimum atomic E-state index is -0.293. The SMILES string of the molecule is CCn1c(O)c(C(C)=NCCc2c[nH]c3ccccc23)c(=O)n(CC)c1=S. The maximum absolute atomic E-state index is 12.8. The third-order valence-corrected chi connectivity index (χ3v) is 5.24. The number of hydrogen-bond acceptors (Lipinski definition) is 4. The first-order chi connectivity index (χ1) is 13.0. The predicted octanol–water partition coefficient (Wildman–Crippen LogP) is 3.66. The Kier molecular flexibility index (Phi) is 5.60. The van der Waals surface area contributed by atoms with Gasteiger partial charge < -0.3 is 10.1 Å². The molecule has 0 aliphatic rings. The van der Waals surface area contributed by atoms with E-state index in [-0.39, 0.29) is 17.0 Å². The Morgan fingerprint density at radius 3 is 2.63 bits per heavy atom. The molecule has 3 rings (SSSR count). The Bertz CT molecular complexity index is 1120. The first-order valence-corrected chi connectivity index (χ1v) is 9.53. The summed E-state index contributed by atoms with van der Waals surface area (Å²) in [4.78, 5) is 20.6. The molecule has 27 heavy (non-hydrogen) atoms. The zero-order valence-corrected chi connectivity index (χ0v) is 16.6. The van der Waals surface area contributed by atoms with Crippen LogP contribution in [-0.4, -0.2) is 31.5 Å². The molecule has 0 atom stereocenters. The van der Waals surface area contributed by atoms with Crippen LogP contribution in [0.4, 0.5) is 0 Å². The number of para-hydroxylation sites is 1. The monoisotopic (exact) mass is 384 g/mol. The van der Waals surface area contributed by atoms with Crippen LogP contribution < -0.4 is 5.56 Å². The van der Waals surface area contributed by atoms with Crippen molar-refractivity contribution in [3.8, 4) is 5.88 Å². The van der Waals surface area contributed by atoms with E-state index in [1.54, 1.807) is 11.5 Å². The number of aliphatic imine (C=N–C) groups is 1. The minimum Gasteiger partial charge on any atom is -0.494 e. The molecule has 0 amide bonds. The Morgan fingerprint density at radius 1 is 1.22 bits per heavy atom. The van der Waals surface area contributed by atoms with Crippen molar-refractivity contribution in [1.29, 1.82) is 0 Å². The normalized spacial score (nSPS) is 12.0. The van der Waals surface area contributed by atoms with E-state index >= 15 is 0 Å². The molecule has 2 aromatic heterocycles. The van der Waals surface area contributed by atoms with E-state index in [4.69, 9.17) is 12.2 Å². The summed E-state index contributed by atoms with van der Waals surface area (Å²) in [5.74, 6) is -0.106. The van der Waals surface area contributed by atoms with Gasteiger partial charge in [0.25, 0.3) is 5.56 Å². The predicted molar refractivity (Wildman–Crippen MR) is 112 cm³/mol. The fraction of sp³-hybridized carbons (Fsp3) is 0.350. The van der Waals surface area contributed by atoms with Crippen LogP contribution in [0.5, 0.6) is 5.88 Å². The van der Waals surface area contributed by atoms with Crippen molar-refractivity contribution in [1.82, 2.24) is 14.1 Å². The number of H-pyrrole nitrogens is 1. The topological polar surface area (TPSA) is 75.3 Å². The molecule has 142 valence electrons. The van der Waals surface area contributed by atoms with Crippen molar-refractivity contribution in [2.24, 2.45) is 4.99 Å². The number of fused-ring (bicyclic) bond motifs is 1. The highest BCUT2D eigenvalue weighted by Gasteiger charge is 2.17. The highest BCUT2D eigenvalue weighted by atomic mass is 32.1. The third-order valence-electron chi connectivity index (χ3n) is 4.80. The van der Waals surface area contributed by atoms with Crippen molar-refractivity contribution in [3.05, 3.63) is 56.7 Å². The smallest absolute Gasteiger partial charge is 0.267 e. The molecule has 0 aliphatic carbocycles. The van der Waals surface area contributed by atoms with E-state index in [2.05, 4.69) is 16.0 Å². The van der Waals surface area contributed by atoms with Gasteiger partial charge in [0.15, 0.2) is 4.77 Å². The van der Waals surface area contributed by atoms with E-state index in [0.717, 1.165) is 11.9 Å². The van der Waals surface area contributed by atoms with E-state index in [0.29, 0.717) is 30.1 Å². The molecule has 6 nitrogen and oxygen atoms in total. The van der Waals surface area contributed by atoms with Crippen LogP contribution >= 0.6 is 12.2 Å². The number of aromatic amines is 1. The largest absolute Gasteiger partial charge is 0.494 e. The second-order valence-electron chi connectivity index (χ2n) is 6.35. The number of benzene rings is 1. The van der Waals surface area contributed by atoms with Gasteiger partial charge in [0, 0.05) is 42.4 Å². The summed E-state index contributed by atoms with van der Waals surface area (Å²) in [6, 6.07) is 8.13. The summed E-state index contributed by atoms with van der Waals surface area (Å²) in [5.41, 5.74) is 2.74. The summed E-state index contributed by atoms with van der Waals surface area (Å²) in [6.45, 7) is 6.97. The molecule has 0 fully saturated rings. The van der Waals surface area contributed by atoms with E-state index in [1.807, 2.05) is 38.2 Å². The van der Waals surface area contributed by atoms with Crippen molar-refractivity contribution in [2.45, 2.75) is 40.3 Å². The Morgan fingerprint density at radius 2 is 1.93 bits per heavy atom. The van der Waals surface area contributed by atoms with Crippen LogP contribution in [0.3, 0.4) is 0 Å². The van der Waals surface area contributed by atoms with Gasteiger partial charge in [-0.1, -0.05) is 18.2 Å². The molecule has 0 aliphatic heterocycles. The molecule has 0 saturated carbocycles. The van der Waals surface area contributed by atoms with Crippen molar-refractivity contribution >= 4 is 28.8 Å². The first-order valence-electron chi connectivity index (χ1n) is 9.12. The second-order valence-corrected chi connectivity index (χ2v) is 6.72. The number of rotatable bonds is 6. The van der Waals surface area contributed by atoms with E-state index in [9.17, 15) is 9.90 Å². The summed E-state index contributed by atoms with van der Waals surface area (Å²) in [6.07, 6.45) is 2.74. The number of nitrogens with one attached hydrogen (secondary N) is 1. The van der Waals surface area contributed by atoms with Gasteiger partial charge >= 0.3 is 0 Å². The highest BCUT2D eigenvalue weighted by molar-refractivity contribution is 7.71. The van der Waals surface area contributed by atoms with Gasteiger partial charge in [0.05, 0.1) is 0 Å². The molecular formula is C20H24N4O2S. The zero-order valence-electron chi connectivity index (χ0n) is 15.8.